The van der Waals surface area contributed by atoms with E-state index in [4.69, 9.17) is 5.21 Å². The Morgan fingerprint density at radius 2 is 2.39 bits per heavy atom. The SMILES string of the molecule is C[NH+](C)CCCNC(=O)c1ccnc(/C=N/O)c1. The average Bonchev–Trinajstić information content (AvgIpc) is 2.35. The molecular formula is C12H19N4O2+. The number of oxime groups is 1. The van der Waals surface area contributed by atoms with Crippen molar-refractivity contribution in [3.05, 3.63) is 29.6 Å². The van der Waals surface area contributed by atoms with Crippen LogP contribution in [0.5, 0.6) is 0 Å². The first kappa shape index (κ1) is 14.1. The zero-order valence-electron chi connectivity index (χ0n) is 10.7. The Labute approximate surface area is 106 Å². The lowest BCUT2D eigenvalue weighted by Crippen LogP contribution is -3.05. The summed E-state index contributed by atoms with van der Waals surface area (Å²) in [6, 6.07) is 3.20. The van der Waals surface area contributed by atoms with Crippen molar-refractivity contribution in [2.45, 2.75) is 6.42 Å². The van der Waals surface area contributed by atoms with E-state index in [1.165, 1.54) is 17.3 Å². The molecule has 0 aliphatic heterocycles. The van der Waals surface area contributed by atoms with Crippen LogP contribution in [-0.2, 0) is 0 Å². The van der Waals surface area contributed by atoms with Crippen LogP contribution in [0.3, 0.4) is 0 Å². The second-order valence-electron chi connectivity index (χ2n) is 4.28. The molecule has 98 valence electrons. The highest BCUT2D eigenvalue weighted by molar-refractivity contribution is 5.95. The summed E-state index contributed by atoms with van der Waals surface area (Å²) in [6.07, 6.45) is 3.63. The Morgan fingerprint density at radius 1 is 1.61 bits per heavy atom. The molecule has 0 aliphatic rings. The number of hydrogen-bond acceptors (Lipinski definition) is 4. The molecule has 0 aliphatic carbocycles. The molecule has 0 atom stereocenters. The number of nitrogens with zero attached hydrogens (tertiary/aromatic N) is 2. The van der Waals surface area contributed by atoms with E-state index in [1.54, 1.807) is 12.1 Å². The molecule has 0 saturated heterocycles. The number of rotatable bonds is 6. The van der Waals surface area contributed by atoms with Crippen molar-refractivity contribution in [3.8, 4) is 0 Å². The van der Waals surface area contributed by atoms with Gasteiger partial charge in [0.05, 0.1) is 32.5 Å². The van der Waals surface area contributed by atoms with E-state index in [0.717, 1.165) is 13.0 Å². The number of aromatic nitrogens is 1. The summed E-state index contributed by atoms with van der Waals surface area (Å²) in [7, 11) is 4.15. The molecule has 6 nitrogen and oxygen atoms in total. The van der Waals surface area contributed by atoms with Gasteiger partial charge in [0, 0.05) is 24.7 Å². The van der Waals surface area contributed by atoms with Gasteiger partial charge < -0.3 is 15.4 Å². The van der Waals surface area contributed by atoms with Gasteiger partial charge in [-0.1, -0.05) is 5.16 Å². The number of pyridine rings is 1. The van der Waals surface area contributed by atoms with Crippen LogP contribution < -0.4 is 10.2 Å². The van der Waals surface area contributed by atoms with E-state index in [-0.39, 0.29) is 5.91 Å². The summed E-state index contributed by atoms with van der Waals surface area (Å²) in [6.45, 7) is 1.66. The zero-order chi connectivity index (χ0) is 13.4. The van der Waals surface area contributed by atoms with Crippen LogP contribution in [-0.4, -0.2) is 49.5 Å². The van der Waals surface area contributed by atoms with E-state index >= 15 is 0 Å². The minimum atomic E-state index is -0.140. The molecule has 6 heteroatoms. The summed E-state index contributed by atoms with van der Waals surface area (Å²) in [4.78, 5) is 17.1. The number of carbonyl (C=O) groups excluding carboxylic acids is 1. The van der Waals surface area contributed by atoms with E-state index in [0.29, 0.717) is 17.8 Å². The predicted octanol–water partition coefficient (Wildman–Crippen LogP) is -0.846. The molecule has 1 aromatic rings. The minimum Gasteiger partial charge on any atom is -0.411 e. The minimum absolute atomic E-state index is 0.140. The van der Waals surface area contributed by atoms with Crippen LogP contribution >= 0.6 is 0 Å². The average molecular weight is 251 g/mol. The van der Waals surface area contributed by atoms with Gasteiger partial charge in [0.1, 0.15) is 0 Å². The summed E-state index contributed by atoms with van der Waals surface area (Å²) in [5.41, 5.74) is 0.958. The van der Waals surface area contributed by atoms with Gasteiger partial charge in [-0.25, -0.2) is 0 Å². The molecule has 18 heavy (non-hydrogen) atoms. The Balaban J connectivity index is 2.48. The van der Waals surface area contributed by atoms with Crippen LogP contribution in [0.15, 0.2) is 23.5 Å². The molecule has 0 aromatic carbocycles. The van der Waals surface area contributed by atoms with Crippen molar-refractivity contribution in [1.29, 1.82) is 0 Å². The first-order valence-corrected chi connectivity index (χ1v) is 5.84. The number of amides is 1. The summed E-state index contributed by atoms with van der Waals surface area (Å²) in [5.74, 6) is -0.140. The summed E-state index contributed by atoms with van der Waals surface area (Å²) in [5, 5.41) is 14.1. The fourth-order valence-corrected chi connectivity index (χ4v) is 1.47. The van der Waals surface area contributed by atoms with Crippen LogP contribution in [0.4, 0.5) is 0 Å². The largest absolute Gasteiger partial charge is 0.411 e. The molecule has 0 bridgehead atoms. The molecule has 1 rings (SSSR count). The molecule has 3 N–H and O–H groups in total. The maximum atomic E-state index is 11.8. The lowest BCUT2D eigenvalue weighted by Gasteiger charge is -2.08. The van der Waals surface area contributed by atoms with Crippen molar-refractivity contribution in [2.75, 3.05) is 27.2 Å². The topological polar surface area (TPSA) is 79.0 Å². The van der Waals surface area contributed by atoms with Gasteiger partial charge in [-0.2, -0.15) is 0 Å². The van der Waals surface area contributed by atoms with Crippen molar-refractivity contribution >= 4 is 12.1 Å². The van der Waals surface area contributed by atoms with Crippen LogP contribution in [0, 0.1) is 0 Å². The Kier molecular flexibility index (Phi) is 5.79. The molecule has 0 saturated carbocycles. The van der Waals surface area contributed by atoms with Gasteiger partial charge in [-0.05, 0) is 12.1 Å². The van der Waals surface area contributed by atoms with Gasteiger partial charge in [0.25, 0.3) is 5.91 Å². The Morgan fingerprint density at radius 3 is 3.06 bits per heavy atom. The van der Waals surface area contributed by atoms with Crippen molar-refractivity contribution < 1.29 is 14.9 Å². The Hall–Kier alpha value is -1.95. The predicted molar refractivity (Wildman–Crippen MR) is 68.2 cm³/mol. The smallest absolute Gasteiger partial charge is 0.251 e. The second-order valence-corrected chi connectivity index (χ2v) is 4.28. The van der Waals surface area contributed by atoms with E-state index in [2.05, 4.69) is 29.6 Å². The van der Waals surface area contributed by atoms with Gasteiger partial charge >= 0.3 is 0 Å². The fourth-order valence-electron chi connectivity index (χ4n) is 1.47. The molecule has 0 radical (unpaired) electrons. The lowest BCUT2D eigenvalue weighted by molar-refractivity contribution is -0.858. The van der Waals surface area contributed by atoms with E-state index in [1.807, 2.05) is 0 Å². The highest BCUT2D eigenvalue weighted by atomic mass is 16.4. The number of carbonyl (C=O) groups is 1. The third-order valence-electron chi connectivity index (χ3n) is 2.37. The summed E-state index contributed by atoms with van der Waals surface area (Å²) < 4.78 is 0. The Bertz CT molecular complexity index is 418. The zero-order valence-corrected chi connectivity index (χ0v) is 10.7. The maximum Gasteiger partial charge on any atom is 0.251 e. The number of nitrogens with one attached hydrogen (secondary N) is 2. The van der Waals surface area contributed by atoms with Crippen LogP contribution in [0.25, 0.3) is 0 Å². The number of hydrogen-bond donors (Lipinski definition) is 3. The van der Waals surface area contributed by atoms with Gasteiger partial charge in [0.15, 0.2) is 0 Å². The second kappa shape index (κ2) is 7.39. The third-order valence-corrected chi connectivity index (χ3v) is 2.37. The highest BCUT2D eigenvalue weighted by Crippen LogP contribution is 2.00. The molecule has 1 amide bonds. The van der Waals surface area contributed by atoms with E-state index in [9.17, 15) is 4.79 Å². The number of quaternary nitrogens is 1. The van der Waals surface area contributed by atoms with Crippen molar-refractivity contribution in [2.24, 2.45) is 5.16 Å². The molecule has 1 aromatic heterocycles. The van der Waals surface area contributed by atoms with E-state index < -0.39 is 0 Å². The standard InChI is InChI=1S/C12H18N4O2/c1-16(2)7-3-5-14-12(17)10-4-6-13-11(8-10)9-15-18/h4,6,8-9,18H,3,5,7H2,1-2H3,(H,14,17)/p+1/b15-9+. The monoisotopic (exact) mass is 251 g/mol. The van der Waals surface area contributed by atoms with Gasteiger partial charge in [-0.15, -0.1) is 0 Å². The highest BCUT2D eigenvalue weighted by Gasteiger charge is 2.05. The molecule has 0 fully saturated rings. The molecule has 0 unspecified atom stereocenters. The van der Waals surface area contributed by atoms with Crippen LogP contribution in [0.1, 0.15) is 22.5 Å². The quantitative estimate of drug-likeness (QED) is 0.267. The first-order chi connectivity index (χ1) is 8.63. The van der Waals surface area contributed by atoms with Gasteiger partial charge in [-0.3, -0.25) is 9.78 Å². The summed E-state index contributed by atoms with van der Waals surface area (Å²) >= 11 is 0. The van der Waals surface area contributed by atoms with Crippen LogP contribution in [0.2, 0.25) is 0 Å². The third kappa shape index (κ3) is 4.92. The maximum absolute atomic E-state index is 11.8. The van der Waals surface area contributed by atoms with Gasteiger partial charge in [0.2, 0.25) is 0 Å². The van der Waals surface area contributed by atoms with Crippen molar-refractivity contribution in [1.82, 2.24) is 10.3 Å². The first-order valence-electron chi connectivity index (χ1n) is 5.84. The molecular weight excluding hydrogens is 232 g/mol. The molecule has 0 spiro atoms. The molecule has 1 heterocycles. The van der Waals surface area contributed by atoms with Crippen molar-refractivity contribution in [3.63, 3.8) is 0 Å². The fraction of sp³-hybridized carbons (Fsp3) is 0.417. The lowest BCUT2D eigenvalue weighted by atomic mass is 10.2. The normalized spacial score (nSPS) is 11.1.